The zero-order valence-electron chi connectivity index (χ0n) is 11.2. The maximum atomic E-state index is 12.4. The number of anilines is 1. The molecular weight excluding hydrogens is 248 g/mol. The van der Waals surface area contributed by atoms with E-state index in [2.05, 4.69) is 4.72 Å². The lowest BCUT2D eigenvalue weighted by molar-refractivity contribution is 0.577. The van der Waals surface area contributed by atoms with Gasteiger partial charge in [0.15, 0.2) is 0 Å². The van der Waals surface area contributed by atoms with Crippen LogP contribution in [0.1, 0.15) is 30.0 Å². The van der Waals surface area contributed by atoms with Crippen LogP contribution in [0.2, 0.25) is 0 Å². The third kappa shape index (κ3) is 2.24. The molecule has 1 fully saturated rings. The smallest absolute Gasteiger partial charge is 0.241 e. The molecule has 0 spiro atoms. The van der Waals surface area contributed by atoms with Gasteiger partial charge in [0.1, 0.15) is 0 Å². The van der Waals surface area contributed by atoms with E-state index in [9.17, 15) is 8.42 Å². The second-order valence-corrected chi connectivity index (χ2v) is 6.95. The summed E-state index contributed by atoms with van der Waals surface area (Å²) < 4.78 is 27.6. The lowest BCUT2D eigenvalue weighted by Crippen LogP contribution is -2.28. The molecule has 1 aromatic carbocycles. The molecule has 0 heterocycles. The first-order chi connectivity index (χ1) is 8.24. The Bertz CT molecular complexity index is 567. The summed E-state index contributed by atoms with van der Waals surface area (Å²) in [7, 11) is -3.47. The Morgan fingerprint density at radius 2 is 1.83 bits per heavy atom. The number of rotatable bonds is 3. The Morgan fingerprint density at radius 1 is 1.28 bits per heavy atom. The van der Waals surface area contributed by atoms with Crippen LogP contribution in [0.5, 0.6) is 0 Å². The van der Waals surface area contributed by atoms with Crippen LogP contribution in [0.25, 0.3) is 0 Å². The summed E-state index contributed by atoms with van der Waals surface area (Å²) in [6.07, 6.45) is 0.915. The van der Waals surface area contributed by atoms with Crippen molar-refractivity contribution in [2.45, 2.75) is 45.1 Å². The fourth-order valence-electron chi connectivity index (χ4n) is 2.19. The predicted octanol–water partition coefficient (Wildman–Crippen LogP) is 1.88. The molecule has 1 aliphatic rings. The Hall–Kier alpha value is -1.07. The number of nitrogens with two attached hydrogens (primary N) is 1. The molecule has 0 amide bonds. The highest BCUT2D eigenvalue weighted by molar-refractivity contribution is 7.89. The molecule has 2 atom stereocenters. The van der Waals surface area contributed by atoms with Crippen molar-refractivity contribution in [3.8, 4) is 0 Å². The molecule has 1 aliphatic carbocycles. The highest BCUT2D eigenvalue weighted by Crippen LogP contribution is 2.33. The topological polar surface area (TPSA) is 72.2 Å². The molecular formula is C13H20N2O2S. The molecule has 1 saturated carbocycles. The van der Waals surface area contributed by atoms with Crippen LogP contribution in [0.15, 0.2) is 11.0 Å². The van der Waals surface area contributed by atoms with Crippen molar-refractivity contribution in [3.05, 3.63) is 22.8 Å². The number of hydrogen-bond acceptors (Lipinski definition) is 3. The lowest BCUT2D eigenvalue weighted by atomic mass is 10.1. The van der Waals surface area contributed by atoms with Crippen molar-refractivity contribution in [2.75, 3.05) is 5.73 Å². The third-order valence-electron chi connectivity index (χ3n) is 3.76. The number of nitrogen functional groups attached to an aromatic ring is 1. The summed E-state index contributed by atoms with van der Waals surface area (Å²) in [5.74, 6) is 0.433. The molecule has 100 valence electrons. The number of nitrogens with one attached hydrogen (secondary N) is 1. The largest absolute Gasteiger partial charge is 0.398 e. The predicted molar refractivity (Wildman–Crippen MR) is 73.0 cm³/mol. The lowest BCUT2D eigenvalue weighted by Gasteiger charge is -2.15. The molecule has 4 nitrogen and oxygen atoms in total. The maximum absolute atomic E-state index is 12.4. The molecule has 2 rings (SSSR count). The first kappa shape index (κ1) is 13.4. The van der Waals surface area contributed by atoms with Gasteiger partial charge in [-0.25, -0.2) is 13.1 Å². The van der Waals surface area contributed by atoms with Gasteiger partial charge in [-0.15, -0.1) is 0 Å². The minimum absolute atomic E-state index is 0.0792. The monoisotopic (exact) mass is 268 g/mol. The third-order valence-corrected chi connectivity index (χ3v) is 5.53. The zero-order valence-corrected chi connectivity index (χ0v) is 12.1. The minimum atomic E-state index is -3.47. The standard InChI is InChI=1S/C13H20N2O2S/c1-7-5-11(14)10(4)13(9(7)3)18(16,17)15-12-6-8(12)2/h5,8,12,15H,6,14H2,1-4H3. The molecule has 0 radical (unpaired) electrons. The van der Waals surface area contributed by atoms with Gasteiger partial charge in [0.25, 0.3) is 0 Å². The van der Waals surface area contributed by atoms with Crippen molar-refractivity contribution >= 4 is 15.7 Å². The van der Waals surface area contributed by atoms with E-state index in [0.717, 1.165) is 17.5 Å². The van der Waals surface area contributed by atoms with Gasteiger partial charge in [0.2, 0.25) is 10.0 Å². The number of aryl methyl sites for hydroxylation is 1. The Labute approximate surface area is 109 Å². The maximum Gasteiger partial charge on any atom is 0.241 e. The number of benzene rings is 1. The van der Waals surface area contributed by atoms with Crippen molar-refractivity contribution in [3.63, 3.8) is 0 Å². The fraction of sp³-hybridized carbons (Fsp3) is 0.538. The molecule has 0 saturated heterocycles. The second kappa shape index (κ2) is 4.24. The quantitative estimate of drug-likeness (QED) is 0.822. The van der Waals surface area contributed by atoms with Gasteiger partial charge in [-0.1, -0.05) is 6.92 Å². The van der Waals surface area contributed by atoms with Crippen LogP contribution in [0.3, 0.4) is 0 Å². The Morgan fingerprint density at radius 3 is 2.33 bits per heavy atom. The van der Waals surface area contributed by atoms with E-state index in [1.165, 1.54) is 0 Å². The van der Waals surface area contributed by atoms with Gasteiger partial charge in [-0.05, 0) is 55.9 Å². The van der Waals surface area contributed by atoms with Crippen molar-refractivity contribution in [2.24, 2.45) is 5.92 Å². The Kier molecular flexibility index (Phi) is 3.15. The molecule has 3 N–H and O–H groups in total. The van der Waals surface area contributed by atoms with Crippen LogP contribution in [0, 0.1) is 26.7 Å². The van der Waals surface area contributed by atoms with Gasteiger partial charge >= 0.3 is 0 Å². The van der Waals surface area contributed by atoms with E-state index < -0.39 is 10.0 Å². The molecule has 18 heavy (non-hydrogen) atoms. The summed E-state index contributed by atoms with van der Waals surface area (Å²) in [5, 5.41) is 0. The first-order valence-electron chi connectivity index (χ1n) is 6.12. The van der Waals surface area contributed by atoms with E-state index in [-0.39, 0.29) is 6.04 Å². The average molecular weight is 268 g/mol. The molecule has 0 bridgehead atoms. The van der Waals surface area contributed by atoms with Gasteiger partial charge in [-0.3, -0.25) is 0 Å². The van der Waals surface area contributed by atoms with Gasteiger partial charge < -0.3 is 5.73 Å². The molecule has 1 aromatic rings. The van der Waals surface area contributed by atoms with Crippen LogP contribution in [-0.2, 0) is 10.0 Å². The normalized spacial score (nSPS) is 23.1. The summed E-state index contributed by atoms with van der Waals surface area (Å²) in [5.41, 5.74) is 8.72. The SMILES string of the molecule is Cc1cc(N)c(C)c(S(=O)(=O)NC2CC2C)c1C. The number of sulfonamides is 1. The minimum Gasteiger partial charge on any atom is -0.398 e. The summed E-state index contributed by atoms with van der Waals surface area (Å²) in [4.78, 5) is 0.346. The van der Waals surface area contributed by atoms with Gasteiger partial charge in [0, 0.05) is 11.7 Å². The van der Waals surface area contributed by atoms with E-state index in [1.807, 2.05) is 26.8 Å². The highest BCUT2D eigenvalue weighted by atomic mass is 32.2. The van der Waals surface area contributed by atoms with Crippen molar-refractivity contribution < 1.29 is 8.42 Å². The number of hydrogen-bond donors (Lipinski definition) is 2. The van der Waals surface area contributed by atoms with Gasteiger partial charge in [-0.2, -0.15) is 0 Å². The summed E-state index contributed by atoms with van der Waals surface area (Å²) in [6, 6.07) is 1.90. The summed E-state index contributed by atoms with van der Waals surface area (Å²) in [6.45, 7) is 7.50. The first-order valence-corrected chi connectivity index (χ1v) is 7.61. The zero-order chi connectivity index (χ0) is 13.7. The van der Waals surface area contributed by atoms with E-state index in [0.29, 0.717) is 22.1 Å². The molecule has 0 aliphatic heterocycles. The van der Waals surface area contributed by atoms with Crippen molar-refractivity contribution in [1.29, 1.82) is 0 Å². The fourth-order valence-corrected chi connectivity index (χ4v) is 4.12. The van der Waals surface area contributed by atoms with Crippen LogP contribution < -0.4 is 10.5 Å². The van der Waals surface area contributed by atoms with Crippen LogP contribution >= 0.6 is 0 Å². The van der Waals surface area contributed by atoms with E-state index in [1.54, 1.807) is 6.92 Å². The van der Waals surface area contributed by atoms with Gasteiger partial charge in [0.05, 0.1) is 4.90 Å². The second-order valence-electron chi connectivity index (χ2n) is 5.30. The van der Waals surface area contributed by atoms with Crippen LogP contribution in [-0.4, -0.2) is 14.5 Å². The molecule has 5 heteroatoms. The summed E-state index contributed by atoms with van der Waals surface area (Å²) >= 11 is 0. The Balaban J connectivity index is 2.50. The average Bonchev–Trinajstić information content (AvgIpc) is 2.90. The van der Waals surface area contributed by atoms with Crippen LogP contribution in [0.4, 0.5) is 5.69 Å². The van der Waals surface area contributed by atoms with Crippen molar-refractivity contribution in [1.82, 2.24) is 4.72 Å². The molecule has 2 unspecified atom stereocenters. The highest BCUT2D eigenvalue weighted by Gasteiger charge is 2.37. The van der Waals surface area contributed by atoms with E-state index in [4.69, 9.17) is 5.73 Å². The molecule has 0 aromatic heterocycles. The van der Waals surface area contributed by atoms with E-state index >= 15 is 0 Å².